The van der Waals surface area contributed by atoms with E-state index < -0.39 is 0 Å². The number of phenolic OH excluding ortho intramolecular Hbond substituents is 1. The van der Waals surface area contributed by atoms with E-state index in [4.69, 9.17) is 21.1 Å². The van der Waals surface area contributed by atoms with Gasteiger partial charge < -0.3 is 14.6 Å². The number of aromatic hydroxyl groups is 1. The van der Waals surface area contributed by atoms with Crippen molar-refractivity contribution in [1.82, 2.24) is 25.6 Å². The van der Waals surface area contributed by atoms with Crippen LogP contribution in [0.25, 0.3) is 22.8 Å². The number of hydrogen-bond donors (Lipinski definition) is 3. The molecule has 0 saturated heterocycles. The van der Waals surface area contributed by atoms with E-state index in [2.05, 4.69) is 27.6 Å². The number of benzene rings is 3. The van der Waals surface area contributed by atoms with Gasteiger partial charge in [0.2, 0.25) is 5.91 Å². The maximum Gasteiger partial charge on any atom is 0.248 e. The van der Waals surface area contributed by atoms with Crippen molar-refractivity contribution < 1.29 is 19.4 Å². The van der Waals surface area contributed by atoms with Crippen molar-refractivity contribution in [3.8, 4) is 34.3 Å². The Kier molecular flexibility index (Phi) is 8.22. The molecule has 0 radical (unpaired) electrons. The summed E-state index contributed by atoms with van der Waals surface area (Å²) in [6.45, 7) is 3.91. The SMILES string of the molecule is C=C(NNC(=O)CSc1nnc(-c2ccc(OC)cc2)n1-c1ccc(Cl)cc1)c1ccc(O)c(OC)c1. The molecule has 9 nitrogen and oxygen atoms in total. The number of rotatable bonds is 10. The molecule has 4 aromatic rings. The number of halogens is 1. The van der Waals surface area contributed by atoms with E-state index in [9.17, 15) is 9.90 Å². The van der Waals surface area contributed by atoms with E-state index in [1.807, 2.05) is 41.0 Å². The highest BCUT2D eigenvalue weighted by Crippen LogP contribution is 2.30. The zero-order valence-corrected chi connectivity index (χ0v) is 21.6. The molecule has 37 heavy (non-hydrogen) atoms. The van der Waals surface area contributed by atoms with E-state index in [1.54, 1.807) is 31.4 Å². The molecule has 0 unspecified atom stereocenters. The summed E-state index contributed by atoms with van der Waals surface area (Å²) < 4.78 is 12.2. The van der Waals surface area contributed by atoms with Crippen molar-refractivity contribution in [2.45, 2.75) is 5.16 Å². The second-order valence-corrected chi connectivity index (χ2v) is 9.05. The molecule has 3 aromatic carbocycles. The summed E-state index contributed by atoms with van der Waals surface area (Å²) in [5, 5.41) is 19.6. The third-order valence-corrected chi connectivity index (χ3v) is 6.46. The van der Waals surface area contributed by atoms with Gasteiger partial charge in [-0.2, -0.15) is 0 Å². The predicted molar refractivity (Wildman–Crippen MR) is 144 cm³/mol. The summed E-state index contributed by atoms with van der Waals surface area (Å²) in [5.41, 5.74) is 8.12. The summed E-state index contributed by atoms with van der Waals surface area (Å²) in [6, 6.07) is 19.5. The standard InChI is InChI=1S/C26H24ClN5O4S/c1-16(18-6-13-22(33)23(14-18)36-3)28-29-24(34)15-37-26-31-30-25(17-4-11-21(35-2)12-5-17)32(26)20-9-7-19(27)8-10-20/h4-14,28,33H,1,15H2,2-3H3,(H,29,34). The highest BCUT2D eigenvalue weighted by molar-refractivity contribution is 7.99. The first-order valence-electron chi connectivity index (χ1n) is 11.0. The molecule has 1 aromatic heterocycles. The zero-order chi connectivity index (χ0) is 26.4. The van der Waals surface area contributed by atoms with Crippen molar-refractivity contribution in [2.24, 2.45) is 0 Å². The molecule has 190 valence electrons. The quantitative estimate of drug-likeness (QED) is 0.197. The van der Waals surface area contributed by atoms with E-state index in [1.165, 1.54) is 24.9 Å². The lowest BCUT2D eigenvalue weighted by Gasteiger charge is -2.13. The van der Waals surface area contributed by atoms with Gasteiger partial charge >= 0.3 is 0 Å². The molecule has 4 rings (SSSR count). The lowest BCUT2D eigenvalue weighted by molar-refractivity contribution is -0.119. The third kappa shape index (κ3) is 6.16. The van der Waals surface area contributed by atoms with Gasteiger partial charge in [-0.15, -0.1) is 10.2 Å². The van der Waals surface area contributed by atoms with Gasteiger partial charge in [0.15, 0.2) is 22.5 Å². The second kappa shape index (κ2) is 11.7. The highest BCUT2D eigenvalue weighted by Gasteiger charge is 2.18. The molecule has 11 heteroatoms. The van der Waals surface area contributed by atoms with E-state index in [-0.39, 0.29) is 17.4 Å². The fraction of sp³-hybridized carbons (Fsp3) is 0.115. The zero-order valence-electron chi connectivity index (χ0n) is 20.1. The average Bonchev–Trinajstić information content (AvgIpc) is 3.35. The van der Waals surface area contributed by atoms with Crippen LogP contribution < -0.4 is 20.3 Å². The lowest BCUT2D eigenvalue weighted by Crippen LogP contribution is -2.37. The maximum absolute atomic E-state index is 12.6. The van der Waals surface area contributed by atoms with E-state index in [0.717, 1.165) is 17.0 Å². The molecule has 0 saturated carbocycles. The van der Waals surface area contributed by atoms with Gasteiger partial charge in [0.25, 0.3) is 0 Å². The molecule has 1 amide bonds. The average molecular weight is 538 g/mol. The fourth-order valence-electron chi connectivity index (χ4n) is 3.36. The molecule has 3 N–H and O–H groups in total. The van der Waals surface area contributed by atoms with Crippen LogP contribution >= 0.6 is 23.4 Å². The number of carbonyl (C=O) groups is 1. The molecule has 1 heterocycles. The van der Waals surface area contributed by atoms with Gasteiger partial charge in [0, 0.05) is 21.8 Å². The summed E-state index contributed by atoms with van der Waals surface area (Å²) in [5.74, 6) is 1.42. The Morgan fingerprint density at radius 3 is 2.43 bits per heavy atom. The minimum Gasteiger partial charge on any atom is -0.504 e. The molecule has 0 aliphatic heterocycles. The topological polar surface area (TPSA) is 111 Å². The predicted octanol–water partition coefficient (Wildman–Crippen LogP) is 4.69. The second-order valence-electron chi connectivity index (χ2n) is 7.67. The fourth-order valence-corrected chi connectivity index (χ4v) is 4.24. The van der Waals surface area contributed by atoms with Crippen molar-refractivity contribution >= 4 is 35.0 Å². The number of ether oxygens (including phenoxy) is 2. The number of hydrazine groups is 1. The first kappa shape index (κ1) is 25.9. The van der Waals surface area contributed by atoms with Crippen LogP contribution in [-0.4, -0.2) is 45.8 Å². The van der Waals surface area contributed by atoms with Crippen LogP contribution in [0.3, 0.4) is 0 Å². The third-order valence-electron chi connectivity index (χ3n) is 5.28. The first-order chi connectivity index (χ1) is 17.9. The van der Waals surface area contributed by atoms with Crippen LogP contribution in [0.1, 0.15) is 5.56 Å². The van der Waals surface area contributed by atoms with Crippen molar-refractivity contribution in [3.63, 3.8) is 0 Å². The monoisotopic (exact) mass is 537 g/mol. The number of carbonyl (C=O) groups excluding carboxylic acids is 1. The Bertz CT molecular complexity index is 1410. The van der Waals surface area contributed by atoms with Gasteiger partial charge in [-0.3, -0.25) is 20.2 Å². The molecule has 0 bridgehead atoms. The van der Waals surface area contributed by atoms with Gasteiger partial charge in [0.1, 0.15) is 5.75 Å². The Balaban J connectivity index is 1.47. The Labute approximate surface area is 223 Å². The normalized spacial score (nSPS) is 10.6. The number of methoxy groups -OCH3 is 2. The summed E-state index contributed by atoms with van der Waals surface area (Å²) >= 11 is 7.32. The van der Waals surface area contributed by atoms with Crippen LogP contribution in [0.2, 0.25) is 5.02 Å². The van der Waals surface area contributed by atoms with Gasteiger partial charge in [-0.05, 0) is 66.7 Å². The van der Waals surface area contributed by atoms with Gasteiger partial charge in [-0.25, -0.2) is 0 Å². The van der Waals surface area contributed by atoms with Crippen LogP contribution in [0.15, 0.2) is 78.5 Å². The molecule has 0 fully saturated rings. The minimum absolute atomic E-state index is 0.0123. The number of thioether (sulfide) groups is 1. The van der Waals surface area contributed by atoms with Crippen LogP contribution in [-0.2, 0) is 4.79 Å². The number of aromatic nitrogens is 3. The van der Waals surface area contributed by atoms with Gasteiger partial charge in [-0.1, -0.05) is 29.9 Å². The van der Waals surface area contributed by atoms with Crippen LogP contribution in [0, 0.1) is 0 Å². The number of hydrogen-bond acceptors (Lipinski definition) is 8. The summed E-state index contributed by atoms with van der Waals surface area (Å²) in [7, 11) is 3.06. The largest absolute Gasteiger partial charge is 0.504 e. The Hall–Kier alpha value is -4.15. The van der Waals surface area contributed by atoms with E-state index >= 15 is 0 Å². The Morgan fingerprint density at radius 2 is 1.76 bits per heavy atom. The van der Waals surface area contributed by atoms with E-state index in [0.29, 0.717) is 33.0 Å². The highest BCUT2D eigenvalue weighted by atomic mass is 35.5. The molecule has 0 atom stereocenters. The number of nitrogens with one attached hydrogen (secondary N) is 2. The van der Waals surface area contributed by atoms with Gasteiger partial charge in [0.05, 0.1) is 25.7 Å². The number of amides is 1. The Morgan fingerprint density at radius 1 is 1.03 bits per heavy atom. The van der Waals surface area contributed by atoms with Crippen molar-refractivity contribution in [3.05, 3.63) is 83.9 Å². The molecular formula is C26H24ClN5O4S. The molecule has 0 aliphatic rings. The molecular weight excluding hydrogens is 514 g/mol. The smallest absolute Gasteiger partial charge is 0.248 e. The maximum atomic E-state index is 12.6. The number of phenols is 1. The minimum atomic E-state index is -0.298. The first-order valence-corrected chi connectivity index (χ1v) is 12.4. The lowest BCUT2D eigenvalue weighted by atomic mass is 10.1. The molecule has 0 aliphatic carbocycles. The van der Waals surface area contributed by atoms with Crippen molar-refractivity contribution in [1.29, 1.82) is 0 Å². The van der Waals surface area contributed by atoms with Crippen molar-refractivity contribution in [2.75, 3.05) is 20.0 Å². The summed E-state index contributed by atoms with van der Waals surface area (Å²) in [6.07, 6.45) is 0. The van der Waals surface area contributed by atoms with Crippen LogP contribution in [0.5, 0.6) is 17.2 Å². The molecule has 0 spiro atoms. The van der Waals surface area contributed by atoms with Crippen LogP contribution in [0.4, 0.5) is 0 Å². The number of nitrogens with zero attached hydrogens (tertiary/aromatic N) is 3. The summed E-state index contributed by atoms with van der Waals surface area (Å²) in [4.78, 5) is 12.6.